The molecule has 8 nitrogen and oxygen atoms in total. The van der Waals surface area contributed by atoms with Crippen LogP contribution < -0.4 is 10.2 Å². The third-order valence-corrected chi connectivity index (χ3v) is 6.36. The summed E-state index contributed by atoms with van der Waals surface area (Å²) in [6.45, 7) is 3.54. The number of carbonyl (C=O) groups is 1. The lowest BCUT2D eigenvalue weighted by Crippen LogP contribution is -2.48. The molecular formula is C22H24Cl2N4O4. The van der Waals surface area contributed by atoms with Gasteiger partial charge >= 0.3 is 0 Å². The Hall–Kier alpha value is -2.55. The lowest BCUT2D eigenvalue weighted by Gasteiger charge is -2.36. The Morgan fingerprint density at radius 2 is 1.94 bits per heavy atom. The Labute approximate surface area is 196 Å². The van der Waals surface area contributed by atoms with Crippen LogP contribution in [0.25, 0.3) is 0 Å². The maximum atomic E-state index is 12.8. The van der Waals surface area contributed by atoms with Gasteiger partial charge in [0.25, 0.3) is 11.6 Å². The number of anilines is 2. The van der Waals surface area contributed by atoms with Gasteiger partial charge in [0.2, 0.25) is 0 Å². The minimum Gasteiger partial charge on any atom is -0.377 e. The summed E-state index contributed by atoms with van der Waals surface area (Å²) in [6, 6.07) is 9.94. The Balaban J connectivity index is 1.42. The minimum atomic E-state index is -0.381. The van der Waals surface area contributed by atoms with Crippen molar-refractivity contribution < 1.29 is 14.5 Å². The number of piperazine rings is 1. The SMILES string of the molecule is O=C(c1ccc(Cl)cc1Cl)N1CCN(c2ccc([N+](=O)[O-])c(NC[C@H]3CCCO3)c2)CC1. The van der Waals surface area contributed by atoms with Gasteiger partial charge < -0.3 is 19.9 Å². The standard InChI is InChI=1S/C22H24Cl2N4O4/c23-15-3-5-18(19(24)12-15)22(29)27-9-7-26(8-10-27)16-4-6-21(28(30)31)20(13-16)25-14-17-2-1-11-32-17/h3-6,12-13,17,25H,1-2,7-11,14H2/t17-/m1/s1. The van der Waals surface area contributed by atoms with Crippen molar-refractivity contribution in [3.63, 3.8) is 0 Å². The van der Waals surface area contributed by atoms with Gasteiger partial charge in [-0.1, -0.05) is 23.2 Å². The Morgan fingerprint density at radius 3 is 2.59 bits per heavy atom. The maximum absolute atomic E-state index is 12.8. The number of nitro benzene ring substituents is 1. The first-order valence-corrected chi connectivity index (χ1v) is 11.3. The van der Waals surface area contributed by atoms with Crippen molar-refractivity contribution in [1.82, 2.24) is 4.90 Å². The number of nitro groups is 1. The molecule has 0 bridgehead atoms. The minimum absolute atomic E-state index is 0.0398. The zero-order valence-electron chi connectivity index (χ0n) is 17.4. The number of halogens is 2. The molecule has 2 saturated heterocycles. The van der Waals surface area contributed by atoms with Crippen molar-refractivity contribution in [3.8, 4) is 0 Å². The van der Waals surface area contributed by atoms with Crippen LogP contribution in [0.1, 0.15) is 23.2 Å². The Kier molecular flexibility index (Phi) is 7.03. The highest BCUT2D eigenvalue weighted by atomic mass is 35.5. The molecule has 0 unspecified atom stereocenters. The Bertz CT molecular complexity index is 1010. The van der Waals surface area contributed by atoms with Gasteiger partial charge in [0.15, 0.2) is 0 Å². The lowest BCUT2D eigenvalue weighted by molar-refractivity contribution is -0.383. The number of amides is 1. The molecule has 170 valence electrons. The third-order valence-electron chi connectivity index (χ3n) is 5.81. The van der Waals surface area contributed by atoms with Crippen molar-refractivity contribution in [2.75, 3.05) is 49.5 Å². The highest BCUT2D eigenvalue weighted by Crippen LogP contribution is 2.31. The van der Waals surface area contributed by atoms with E-state index in [1.165, 1.54) is 6.07 Å². The third kappa shape index (κ3) is 5.09. The van der Waals surface area contributed by atoms with Crippen LogP contribution in [0.2, 0.25) is 10.0 Å². The van der Waals surface area contributed by atoms with Crippen LogP contribution in [0.5, 0.6) is 0 Å². The number of nitrogens with zero attached hydrogens (tertiary/aromatic N) is 3. The molecule has 10 heteroatoms. The molecule has 2 aliphatic heterocycles. The van der Waals surface area contributed by atoms with Crippen LogP contribution in [0.3, 0.4) is 0 Å². The molecule has 0 radical (unpaired) electrons. The summed E-state index contributed by atoms with van der Waals surface area (Å²) in [7, 11) is 0. The highest BCUT2D eigenvalue weighted by molar-refractivity contribution is 6.36. The van der Waals surface area contributed by atoms with E-state index in [1.54, 1.807) is 35.2 Å². The van der Waals surface area contributed by atoms with Crippen molar-refractivity contribution >= 4 is 46.2 Å². The zero-order chi connectivity index (χ0) is 22.7. The van der Waals surface area contributed by atoms with Gasteiger partial charge in [0.05, 0.1) is 21.6 Å². The van der Waals surface area contributed by atoms with Crippen LogP contribution in [-0.2, 0) is 4.74 Å². The normalized spacial score (nSPS) is 18.6. The first-order valence-electron chi connectivity index (χ1n) is 10.6. The quantitative estimate of drug-likeness (QED) is 0.487. The lowest BCUT2D eigenvalue weighted by atomic mass is 10.1. The van der Waals surface area contributed by atoms with E-state index in [1.807, 2.05) is 0 Å². The van der Waals surface area contributed by atoms with E-state index in [0.29, 0.717) is 54.0 Å². The first-order chi connectivity index (χ1) is 15.4. The fourth-order valence-corrected chi connectivity index (χ4v) is 4.54. The van der Waals surface area contributed by atoms with Crippen molar-refractivity contribution in [1.29, 1.82) is 0 Å². The van der Waals surface area contributed by atoms with Gasteiger partial charge in [-0.2, -0.15) is 0 Å². The largest absolute Gasteiger partial charge is 0.377 e. The molecule has 0 aromatic heterocycles. The van der Waals surface area contributed by atoms with E-state index in [9.17, 15) is 14.9 Å². The monoisotopic (exact) mass is 478 g/mol. The number of rotatable bonds is 6. The number of hydrogen-bond donors (Lipinski definition) is 1. The fraction of sp³-hybridized carbons (Fsp3) is 0.409. The molecule has 2 aliphatic rings. The molecule has 2 aromatic rings. The molecule has 0 spiro atoms. The predicted octanol–water partition coefficient (Wildman–Crippen LogP) is 4.45. The van der Waals surface area contributed by atoms with Gasteiger partial charge in [0, 0.05) is 56.1 Å². The summed E-state index contributed by atoms with van der Waals surface area (Å²) >= 11 is 12.1. The first kappa shape index (κ1) is 22.6. The van der Waals surface area contributed by atoms with Crippen LogP contribution in [0.4, 0.5) is 17.1 Å². The summed E-state index contributed by atoms with van der Waals surface area (Å²) in [5, 5.41) is 15.5. The smallest absolute Gasteiger partial charge is 0.292 e. The van der Waals surface area contributed by atoms with Crippen molar-refractivity contribution in [2.45, 2.75) is 18.9 Å². The second-order valence-electron chi connectivity index (χ2n) is 7.88. The van der Waals surface area contributed by atoms with Gasteiger partial charge in [-0.15, -0.1) is 0 Å². The summed E-state index contributed by atoms with van der Waals surface area (Å²) in [6.07, 6.45) is 2.04. The summed E-state index contributed by atoms with van der Waals surface area (Å²) in [5.41, 5.74) is 1.83. The molecule has 2 fully saturated rings. The average molecular weight is 479 g/mol. The molecule has 0 saturated carbocycles. The van der Waals surface area contributed by atoms with Gasteiger partial charge in [-0.25, -0.2) is 0 Å². The van der Waals surface area contributed by atoms with Crippen LogP contribution in [0.15, 0.2) is 36.4 Å². The number of nitrogens with one attached hydrogen (secondary N) is 1. The van der Waals surface area contributed by atoms with Gasteiger partial charge in [-0.3, -0.25) is 14.9 Å². The molecule has 1 amide bonds. The van der Waals surface area contributed by atoms with Crippen LogP contribution >= 0.6 is 23.2 Å². The van der Waals surface area contributed by atoms with Gasteiger partial charge in [0.1, 0.15) is 5.69 Å². The molecule has 32 heavy (non-hydrogen) atoms. The molecule has 4 rings (SSSR count). The van der Waals surface area contributed by atoms with E-state index < -0.39 is 0 Å². The van der Waals surface area contributed by atoms with E-state index in [4.69, 9.17) is 27.9 Å². The zero-order valence-corrected chi connectivity index (χ0v) is 18.9. The van der Waals surface area contributed by atoms with E-state index in [-0.39, 0.29) is 22.6 Å². The topological polar surface area (TPSA) is 88.0 Å². The average Bonchev–Trinajstić information content (AvgIpc) is 3.31. The summed E-state index contributed by atoms with van der Waals surface area (Å²) in [5.74, 6) is -0.131. The van der Waals surface area contributed by atoms with E-state index >= 15 is 0 Å². The van der Waals surface area contributed by atoms with Crippen molar-refractivity contribution in [2.24, 2.45) is 0 Å². The number of ether oxygens (including phenoxy) is 1. The molecular weight excluding hydrogens is 455 g/mol. The summed E-state index contributed by atoms with van der Waals surface area (Å²) in [4.78, 5) is 27.8. The number of benzene rings is 2. The second-order valence-corrected chi connectivity index (χ2v) is 8.72. The fourth-order valence-electron chi connectivity index (χ4n) is 4.05. The number of carbonyl (C=O) groups excluding carboxylic acids is 1. The predicted molar refractivity (Wildman–Crippen MR) is 125 cm³/mol. The van der Waals surface area contributed by atoms with Crippen LogP contribution in [0, 0.1) is 10.1 Å². The molecule has 1 N–H and O–H groups in total. The van der Waals surface area contributed by atoms with E-state index in [0.717, 1.165) is 25.1 Å². The van der Waals surface area contributed by atoms with E-state index in [2.05, 4.69) is 10.2 Å². The molecule has 2 heterocycles. The highest BCUT2D eigenvalue weighted by Gasteiger charge is 2.25. The molecule has 2 aromatic carbocycles. The second kappa shape index (κ2) is 9.94. The summed E-state index contributed by atoms with van der Waals surface area (Å²) < 4.78 is 5.61. The van der Waals surface area contributed by atoms with Gasteiger partial charge in [-0.05, 0) is 43.2 Å². The molecule has 1 atom stereocenters. The maximum Gasteiger partial charge on any atom is 0.292 e. The molecule has 0 aliphatic carbocycles. The Morgan fingerprint density at radius 1 is 1.16 bits per heavy atom. The number of hydrogen-bond acceptors (Lipinski definition) is 6. The van der Waals surface area contributed by atoms with Crippen LogP contribution in [-0.4, -0.2) is 61.2 Å². The van der Waals surface area contributed by atoms with Crippen molar-refractivity contribution in [3.05, 3.63) is 62.1 Å².